The number of benzene rings is 1. The van der Waals surface area contributed by atoms with Crippen LogP contribution >= 0.6 is 15.9 Å². The minimum absolute atomic E-state index is 0.445. The van der Waals surface area contributed by atoms with Gasteiger partial charge < -0.3 is 9.84 Å². The van der Waals surface area contributed by atoms with Gasteiger partial charge >= 0.3 is 0 Å². The Morgan fingerprint density at radius 2 is 2.39 bits per heavy atom. The van der Waals surface area contributed by atoms with E-state index >= 15 is 0 Å². The van der Waals surface area contributed by atoms with E-state index in [1.165, 1.54) is 21.9 Å². The highest BCUT2D eigenvalue weighted by molar-refractivity contribution is 9.10. The van der Waals surface area contributed by atoms with Gasteiger partial charge in [-0.1, -0.05) is 33.2 Å². The molecular formula is C13H14BrN3O. The molecule has 1 heterocycles. The number of hydrogen-bond acceptors (Lipinski definition) is 4. The smallest absolute Gasteiger partial charge is 0.227 e. The first-order valence-electron chi connectivity index (χ1n) is 6.11. The maximum absolute atomic E-state index is 4.98. The van der Waals surface area contributed by atoms with Gasteiger partial charge in [-0.2, -0.15) is 4.98 Å². The molecule has 1 aromatic heterocycles. The van der Waals surface area contributed by atoms with Crippen molar-refractivity contribution in [3.63, 3.8) is 0 Å². The molecule has 94 valence electrons. The van der Waals surface area contributed by atoms with Gasteiger partial charge in [0.15, 0.2) is 6.33 Å². The molecule has 0 radical (unpaired) electrons. The van der Waals surface area contributed by atoms with Crippen molar-refractivity contribution in [2.45, 2.75) is 25.3 Å². The number of hydrogen-bond donors (Lipinski definition) is 1. The topological polar surface area (TPSA) is 51.0 Å². The summed E-state index contributed by atoms with van der Waals surface area (Å²) in [6.07, 6.45) is 4.51. The SMILES string of the molecule is Brc1cccc2c1CCC2NCCc1ncno1. The lowest BCUT2D eigenvalue weighted by molar-refractivity contribution is 0.371. The quantitative estimate of drug-likeness (QED) is 0.943. The average molecular weight is 308 g/mol. The molecule has 0 amide bonds. The molecule has 0 saturated heterocycles. The van der Waals surface area contributed by atoms with Crippen LogP contribution in [0.1, 0.15) is 29.5 Å². The Bertz CT molecular complexity index is 527. The summed E-state index contributed by atoms with van der Waals surface area (Å²) >= 11 is 3.61. The fourth-order valence-corrected chi connectivity index (χ4v) is 3.06. The molecule has 3 rings (SSSR count). The Labute approximate surface area is 114 Å². The average Bonchev–Trinajstić information content (AvgIpc) is 3.00. The number of rotatable bonds is 4. The van der Waals surface area contributed by atoms with Crippen molar-refractivity contribution < 1.29 is 4.52 Å². The Morgan fingerprint density at radius 3 is 3.22 bits per heavy atom. The molecule has 0 saturated carbocycles. The molecular weight excluding hydrogens is 294 g/mol. The Balaban J connectivity index is 1.61. The van der Waals surface area contributed by atoms with Gasteiger partial charge in [0.25, 0.3) is 0 Å². The zero-order valence-electron chi connectivity index (χ0n) is 9.90. The zero-order chi connectivity index (χ0) is 12.4. The predicted molar refractivity (Wildman–Crippen MR) is 71.2 cm³/mol. The normalized spacial score (nSPS) is 17.9. The fourth-order valence-electron chi connectivity index (χ4n) is 2.48. The van der Waals surface area contributed by atoms with Crippen LogP contribution in [0.15, 0.2) is 33.5 Å². The van der Waals surface area contributed by atoms with Gasteiger partial charge in [-0.25, -0.2) is 0 Å². The second-order valence-electron chi connectivity index (χ2n) is 4.44. The first-order chi connectivity index (χ1) is 8.84. The molecule has 0 aliphatic heterocycles. The van der Waals surface area contributed by atoms with Crippen molar-refractivity contribution in [1.82, 2.24) is 15.5 Å². The molecule has 0 fully saturated rings. The fraction of sp³-hybridized carbons (Fsp3) is 0.385. The summed E-state index contributed by atoms with van der Waals surface area (Å²) in [4.78, 5) is 4.01. The molecule has 18 heavy (non-hydrogen) atoms. The maximum atomic E-state index is 4.98. The van der Waals surface area contributed by atoms with Gasteiger partial charge in [0.1, 0.15) is 0 Å². The van der Waals surface area contributed by atoms with E-state index in [9.17, 15) is 0 Å². The summed E-state index contributed by atoms with van der Waals surface area (Å²) < 4.78 is 6.20. The minimum Gasteiger partial charge on any atom is -0.340 e. The van der Waals surface area contributed by atoms with Crippen LogP contribution in [0.4, 0.5) is 0 Å². The molecule has 1 N–H and O–H groups in total. The summed E-state index contributed by atoms with van der Waals surface area (Å²) in [6.45, 7) is 0.860. The molecule has 1 aromatic carbocycles. The van der Waals surface area contributed by atoms with E-state index in [-0.39, 0.29) is 0 Å². The number of halogens is 1. The summed E-state index contributed by atoms with van der Waals surface area (Å²) in [5.41, 5.74) is 2.85. The van der Waals surface area contributed by atoms with Crippen LogP contribution < -0.4 is 5.32 Å². The highest BCUT2D eigenvalue weighted by Crippen LogP contribution is 2.35. The molecule has 1 unspecified atom stereocenters. The number of nitrogens with one attached hydrogen (secondary N) is 1. The van der Waals surface area contributed by atoms with Gasteiger partial charge in [-0.15, -0.1) is 0 Å². The van der Waals surface area contributed by atoms with Crippen molar-refractivity contribution in [1.29, 1.82) is 0 Å². The molecule has 0 bridgehead atoms. The lowest BCUT2D eigenvalue weighted by atomic mass is 10.1. The summed E-state index contributed by atoms with van der Waals surface area (Å²) in [6, 6.07) is 6.86. The first-order valence-corrected chi connectivity index (χ1v) is 6.90. The molecule has 1 atom stereocenters. The number of fused-ring (bicyclic) bond motifs is 1. The monoisotopic (exact) mass is 307 g/mol. The molecule has 5 heteroatoms. The Morgan fingerprint density at radius 1 is 1.44 bits per heavy atom. The van der Waals surface area contributed by atoms with Crippen LogP contribution in [0.2, 0.25) is 0 Å². The van der Waals surface area contributed by atoms with Gasteiger partial charge in [0.05, 0.1) is 0 Å². The van der Waals surface area contributed by atoms with Crippen LogP contribution in [-0.2, 0) is 12.8 Å². The standard InChI is InChI=1S/C13H14BrN3O/c14-11-3-1-2-10-9(11)4-5-12(10)15-7-6-13-16-8-17-18-13/h1-3,8,12,15H,4-7H2. The van der Waals surface area contributed by atoms with Crippen LogP contribution in [0.3, 0.4) is 0 Å². The molecule has 1 aliphatic carbocycles. The highest BCUT2D eigenvalue weighted by Gasteiger charge is 2.23. The molecule has 1 aliphatic rings. The lowest BCUT2D eigenvalue weighted by Gasteiger charge is -2.13. The van der Waals surface area contributed by atoms with E-state index in [1.807, 2.05) is 0 Å². The van der Waals surface area contributed by atoms with Crippen molar-refractivity contribution >= 4 is 15.9 Å². The van der Waals surface area contributed by atoms with Crippen LogP contribution in [0, 0.1) is 0 Å². The molecule has 2 aromatic rings. The van der Waals surface area contributed by atoms with Gasteiger partial charge in [-0.05, 0) is 30.0 Å². The third kappa shape index (κ3) is 2.33. The van der Waals surface area contributed by atoms with Crippen molar-refractivity contribution in [2.24, 2.45) is 0 Å². The van der Waals surface area contributed by atoms with Crippen molar-refractivity contribution in [2.75, 3.05) is 6.54 Å². The van der Waals surface area contributed by atoms with Crippen molar-refractivity contribution in [3.8, 4) is 0 Å². The first kappa shape index (κ1) is 11.9. The third-order valence-electron chi connectivity index (χ3n) is 3.35. The second kappa shape index (κ2) is 5.20. The predicted octanol–water partition coefficient (Wildman–Crippen LogP) is 2.65. The Kier molecular flexibility index (Phi) is 3.43. The van der Waals surface area contributed by atoms with E-state index in [2.05, 4.69) is 49.6 Å². The molecule has 0 spiro atoms. The van der Waals surface area contributed by atoms with Gasteiger partial charge in [0, 0.05) is 23.5 Å². The second-order valence-corrected chi connectivity index (χ2v) is 5.29. The Hall–Kier alpha value is -1.20. The van der Waals surface area contributed by atoms with E-state index in [1.54, 1.807) is 0 Å². The number of nitrogens with zero attached hydrogens (tertiary/aromatic N) is 2. The summed E-state index contributed by atoms with van der Waals surface area (Å²) in [5, 5.41) is 7.15. The van der Waals surface area contributed by atoms with E-state index in [0.717, 1.165) is 25.8 Å². The van der Waals surface area contributed by atoms with Gasteiger partial charge in [0.2, 0.25) is 5.89 Å². The van der Waals surface area contributed by atoms with E-state index < -0.39 is 0 Å². The van der Waals surface area contributed by atoms with Crippen molar-refractivity contribution in [3.05, 3.63) is 46.0 Å². The largest absolute Gasteiger partial charge is 0.340 e. The zero-order valence-corrected chi connectivity index (χ0v) is 11.5. The van der Waals surface area contributed by atoms with Gasteiger partial charge in [-0.3, -0.25) is 0 Å². The van der Waals surface area contributed by atoms with Crippen LogP contribution in [-0.4, -0.2) is 16.7 Å². The third-order valence-corrected chi connectivity index (χ3v) is 4.09. The highest BCUT2D eigenvalue weighted by atomic mass is 79.9. The number of aromatic nitrogens is 2. The van der Waals surface area contributed by atoms with E-state index in [4.69, 9.17) is 4.52 Å². The minimum atomic E-state index is 0.445. The van der Waals surface area contributed by atoms with E-state index in [0.29, 0.717) is 11.9 Å². The summed E-state index contributed by atoms with van der Waals surface area (Å²) in [7, 11) is 0. The lowest BCUT2D eigenvalue weighted by Crippen LogP contribution is -2.22. The van der Waals surface area contributed by atoms with Crippen LogP contribution in [0.5, 0.6) is 0 Å². The molecule has 4 nitrogen and oxygen atoms in total. The summed E-state index contributed by atoms with van der Waals surface area (Å²) in [5.74, 6) is 0.690. The van der Waals surface area contributed by atoms with Crippen LogP contribution in [0.25, 0.3) is 0 Å². The maximum Gasteiger partial charge on any atom is 0.227 e.